The zero-order valence-electron chi connectivity index (χ0n) is 81.4. The lowest BCUT2D eigenvalue weighted by molar-refractivity contribution is -0.334. The Balaban J connectivity index is 0.999. The van der Waals surface area contributed by atoms with Gasteiger partial charge in [-0.05, 0) is 241 Å². The van der Waals surface area contributed by atoms with E-state index in [1.54, 1.807) is 76.2 Å². The van der Waals surface area contributed by atoms with Gasteiger partial charge < -0.3 is 152 Å². The predicted octanol–water partition coefficient (Wildman–Crippen LogP) is 6.98. The van der Waals surface area contributed by atoms with Crippen molar-refractivity contribution in [2.75, 3.05) is 13.7 Å². The summed E-state index contributed by atoms with van der Waals surface area (Å²) in [7, 11) is 1.26. The van der Waals surface area contributed by atoms with Crippen molar-refractivity contribution in [3.05, 3.63) is 117 Å². The SMILES string of the molecule is CC(C)C[C@H](C(=O)N[C@H]1C(=O)N[C@@H](CC(N)=O)C(=O)N[C@H]2C(=O)N[C@H]3C(=O)N[C@@H](C(=O)NC(C(=O)NC4C5CC6CC(C5)CC4C6)c4cc(O)cc(O)c4-c4cc3ccc4O)[C@H](OC3CC(C)(NC(=O)OC(C)(C)C)C(O)C(C)O3)c3ccc(c(Cl)c3)Oc3cc2cc(c3OC2OC(CO)C(O)C(O)C2OC2CC(C)(NC(=O)OC(C)(C)C)C(O)C(C)O2)Oc2ccc(cc2Cl)[C@H]1O)N(C)C(=O)OC(C)(C)C. The molecule has 0 aromatic heterocycles. The molecule has 14 unspecified atom stereocenters. The second-order valence-corrected chi connectivity index (χ2v) is 43.0. The second kappa shape index (κ2) is 41.7. The molecule has 22 atom stereocenters. The van der Waals surface area contributed by atoms with Crippen LogP contribution in [0.5, 0.6) is 46.0 Å². The van der Waals surface area contributed by atoms with Gasteiger partial charge in [-0.25, -0.2) is 14.4 Å². The number of ether oxygens (including phenoxy) is 11. The molecule has 0 radical (unpaired) electrons. The Morgan fingerprint density at radius 2 is 1.11 bits per heavy atom. The van der Waals surface area contributed by atoms with E-state index in [9.17, 15) is 65.1 Å². The number of fused-ring (bicyclic) bond motifs is 15. The lowest BCUT2D eigenvalue weighted by Crippen LogP contribution is -2.66. The minimum atomic E-state index is -2.48. The molecule has 5 aromatic rings. The fourth-order valence-electron chi connectivity index (χ4n) is 20.5. The van der Waals surface area contributed by atoms with Gasteiger partial charge in [-0.1, -0.05) is 55.2 Å². The summed E-state index contributed by atoms with van der Waals surface area (Å²) < 4.78 is 70.4. The van der Waals surface area contributed by atoms with Crippen molar-refractivity contribution in [3.63, 3.8) is 0 Å². The average molecular weight is 2030 g/mol. The first-order chi connectivity index (χ1) is 66.4. The van der Waals surface area contributed by atoms with E-state index < -0.39 is 320 Å². The van der Waals surface area contributed by atoms with Crippen LogP contribution in [0, 0.1) is 29.6 Å². The summed E-state index contributed by atoms with van der Waals surface area (Å²) in [5.74, 6) is -15.2. The largest absolute Gasteiger partial charge is 0.508 e. The Morgan fingerprint density at radius 3 is 1.65 bits per heavy atom. The number of halogens is 2. The maximum absolute atomic E-state index is 17.0. The van der Waals surface area contributed by atoms with Crippen LogP contribution in [0.2, 0.25) is 10.0 Å². The maximum Gasteiger partial charge on any atom is 0.410 e. The Hall–Kier alpha value is -11.4. The fraction of sp³-hybridized carbons (Fsp3) is 0.582. The zero-order chi connectivity index (χ0) is 104. The van der Waals surface area contributed by atoms with Gasteiger partial charge in [0.2, 0.25) is 59.3 Å². The van der Waals surface area contributed by atoms with E-state index in [2.05, 4.69) is 47.9 Å². The molecule has 42 nitrogen and oxygen atoms in total. The average Bonchev–Trinajstić information content (AvgIpc) is 0.751. The molecular weight excluding hydrogens is 1900 g/mol. The number of nitrogens with one attached hydrogen (secondary N) is 9. The summed E-state index contributed by atoms with van der Waals surface area (Å²) in [6.45, 7) is 22.6. The number of aromatic hydroxyl groups is 3. The standard InChI is InChI=1S/C98H127Cl2N11O31/c1-40(2)23-57(111(16)93(131)142-96(11,12)13)84(123)107-73-75(117)46-18-21-60(54(99)30-46)134-62-32-50-33-63(79(62)139-90-80(77(119)76(118)64(39-112)136-90)138-67-38-98(15,82(121)42(4)133-67)110-92(130)141-95(8,9)10)135-61-22-19-47(31-55(61)100)78(137-66-37-97(14,81(120)41(3)132-66)109-91(129)140-94(5,6)7)74-89(128)106-72(87(126)103-69-48-25-43-24-44(27-48)28-49(69)26-43)53-34-51(113)35-59(115)68(53)52-29-45(17-20-58(52)114)70(85(124)108-74)105-86(125)71(50)104-83(122)56(36-65(101)116)102-88(73)127/h17-22,29-35,40-44,48-49,56-57,64,66-67,69-78,80-82,90,112-115,117-121H,23-28,36-39H2,1-16H3,(H2,101,116)(H,102,127)(H,103,126)(H,104,122)(H,105,125)(H,106,128)(H,107,123)(H,108,124)(H,109,129)(H,110,130)/t41?,42?,43?,44?,48?,49?,56-,57+,64?,66?,67?,69?,70+,71+,72?,73+,74+,75+,76?,77?,78+,80?,81?,82?,90?,97?,98?/m0/s1. The van der Waals surface area contributed by atoms with Crippen LogP contribution < -0.4 is 67.8 Å². The van der Waals surface area contributed by atoms with Crippen molar-refractivity contribution in [1.82, 2.24) is 52.8 Å². The van der Waals surface area contributed by atoms with E-state index in [0.29, 0.717) is 11.8 Å². The number of amides is 11. The summed E-state index contributed by atoms with van der Waals surface area (Å²) in [5, 5.41) is 132. The van der Waals surface area contributed by atoms with Crippen molar-refractivity contribution >= 4 is 88.7 Å². The summed E-state index contributed by atoms with van der Waals surface area (Å²) in [6, 6.07) is -1.25. The molecular formula is C98H127Cl2N11O31. The maximum atomic E-state index is 17.0. The molecule has 8 heterocycles. The molecule has 4 saturated carbocycles. The minimum Gasteiger partial charge on any atom is -0.508 e. The highest BCUT2D eigenvalue weighted by atomic mass is 35.5. The van der Waals surface area contributed by atoms with Gasteiger partial charge in [0.15, 0.2) is 30.2 Å². The summed E-state index contributed by atoms with van der Waals surface area (Å²) in [5.41, 5.74) is -3.23. The van der Waals surface area contributed by atoms with Gasteiger partial charge in [-0.3, -0.25) is 43.3 Å². The highest BCUT2D eigenvalue weighted by Crippen LogP contribution is 2.56. The van der Waals surface area contributed by atoms with Crippen molar-refractivity contribution < 1.29 is 151 Å². The van der Waals surface area contributed by atoms with Crippen molar-refractivity contribution in [2.24, 2.45) is 35.3 Å². The van der Waals surface area contributed by atoms with E-state index in [4.69, 9.17) is 81.0 Å². The van der Waals surface area contributed by atoms with Crippen LogP contribution in [0.25, 0.3) is 11.1 Å². The van der Waals surface area contributed by atoms with Crippen LogP contribution in [0.3, 0.4) is 0 Å². The Morgan fingerprint density at radius 1 is 0.585 bits per heavy atom. The first-order valence-corrected chi connectivity index (χ1v) is 48.0. The van der Waals surface area contributed by atoms with Gasteiger partial charge in [-0.2, -0.15) is 0 Å². The van der Waals surface area contributed by atoms with Crippen LogP contribution in [-0.2, 0) is 76.3 Å². The molecule has 3 saturated heterocycles. The second-order valence-electron chi connectivity index (χ2n) is 42.2. The number of benzene rings is 5. The van der Waals surface area contributed by atoms with Crippen LogP contribution in [-0.4, -0.2) is 256 Å². The topological polar surface area (TPSA) is 609 Å². The third-order valence-electron chi connectivity index (χ3n) is 27.0. The molecule has 774 valence electrons. The number of primary amides is 1. The lowest BCUT2D eigenvalue weighted by atomic mass is 9.54. The van der Waals surface area contributed by atoms with Gasteiger partial charge in [-0.15, -0.1) is 0 Å². The molecule has 12 aliphatic rings. The highest BCUT2D eigenvalue weighted by molar-refractivity contribution is 6.32. The number of likely N-dealkylation sites (N-methyl/N-ethyl adjacent to an activating group) is 1. The Kier molecular flexibility index (Phi) is 31.3. The van der Waals surface area contributed by atoms with Gasteiger partial charge in [0, 0.05) is 43.1 Å². The zero-order valence-corrected chi connectivity index (χ0v) is 82.9. The molecule has 142 heavy (non-hydrogen) atoms. The number of carbonyl (C=O) groups excluding carboxylic acids is 11. The molecule has 5 aromatic carbocycles. The van der Waals surface area contributed by atoms with E-state index in [1.165, 1.54) is 59.0 Å². The molecule has 15 bridgehead atoms. The number of phenolic OH excluding ortho intramolecular Hbond substituents is 3. The monoisotopic (exact) mass is 2020 g/mol. The molecule has 17 rings (SSSR count). The van der Waals surface area contributed by atoms with Crippen LogP contribution in [0.15, 0.2) is 78.9 Å². The number of alkyl carbamates (subject to hydrolysis) is 2. The molecule has 0 spiro atoms. The Bertz CT molecular complexity index is 5630. The molecule has 8 aliphatic heterocycles. The normalized spacial score (nSPS) is 31.7. The van der Waals surface area contributed by atoms with Crippen LogP contribution >= 0.6 is 23.2 Å². The van der Waals surface area contributed by atoms with Gasteiger partial charge in [0.1, 0.15) is 131 Å². The molecule has 11 amide bonds. The third kappa shape index (κ3) is 23.8. The fourth-order valence-corrected chi connectivity index (χ4v) is 20.9. The third-order valence-corrected chi connectivity index (χ3v) is 27.5. The van der Waals surface area contributed by atoms with Gasteiger partial charge >= 0.3 is 18.3 Å². The summed E-state index contributed by atoms with van der Waals surface area (Å²) in [6.07, 6.45) is -24.4. The first kappa shape index (κ1) is 106. The number of hydrogen-bond acceptors (Lipinski definition) is 31. The first-order valence-electron chi connectivity index (χ1n) is 47.3. The van der Waals surface area contributed by atoms with E-state index in [0.717, 1.165) is 91.6 Å². The van der Waals surface area contributed by atoms with Crippen molar-refractivity contribution in [3.8, 4) is 57.1 Å². The quantitative estimate of drug-likeness (QED) is 0.0393. The van der Waals surface area contributed by atoms with Gasteiger partial charge in [0.25, 0.3) is 0 Å². The highest BCUT2D eigenvalue weighted by Gasteiger charge is 2.56. The summed E-state index contributed by atoms with van der Waals surface area (Å²) in [4.78, 5) is 170. The predicted molar refractivity (Wildman–Crippen MR) is 502 cm³/mol. The molecule has 44 heteroatoms. The van der Waals surface area contributed by atoms with Crippen molar-refractivity contribution in [2.45, 2.75) is 318 Å². The number of aliphatic hydroxyl groups excluding tert-OH is 6. The van der Waals surface area contributed by atoms with E-state index >= 15 is 33.6 Å². The van der Waals surface area contributed by atoms with Crippen LogP contribution in [0.4, 0.5) is 14.4 Å². The van der Waals surface area contributed by atoms with Crippen LogP contribution in [0.1, 0.15) is 220 Å². The number of aliphatic hydroxyl groups is 6. The number of nitrogens with zero attached hydrogens (tertiary/aromatic N) is 1. The Labute approximate surface area is 828 Å². The molecule has 20 N–H and O–H groups in total. The minimum absolute atomic E-state index is 0.0133. The van der Waals surface area contributed by atoms with Crippen molar-refractivity contribution in [1.29, 1.82) is 0 Å². The number of hydrogen-bond donors (Lipinski definition) is 19. The lowest BCUT2D eigenvalue weighted by Gasteiger charge is -2.54. The van der Waals surface area contributed by atoms with E-state index in [-0.39, 0.29) is 46.4 Å². The molecule has 7 fully saturated rings. The van der Waals surface area contributed by atoms with E-state index in [1.807, 2.05) is 0 Å². The smallest absolute Gasteiger partial charge is 0.410 e. The number of rotatable bonds is 18. The number of phenols is 3. The number of carbonyl (C=O) groups is 11. The number of nitrogens with two attached hydrogens (primary N) is 1. The summed E-state index contributed by atoms with van der Waals surface area (Å²) >= 11 is 15.0. The van der Waals surface area contributed by atoms with Gasteiger partial charge in [0.05, 0.1) is 46.4 Å². The molecule has 4 aliphatic carbocycles.